The Morgan fingerprint density at radius 3 is 2.40 bits per heavy atom. The van der Waals surface area contributed by atoms with Crippen LogP contribution in [0.15, 0.2) is 71.6 Å². The van der Waals surface area contributed by atoms with Gasteiger partial charge >= 0.3 is 0 Å². The van der Waals surface area contributed by atoms with Crippen LogP contribution in [-0.2, 0) is 17.8 Å². The number of aryl methyl sites for hydroxylation is 2. The number of carbonyl (C=O) groups excluding carboxylic acids is 1. The standard InChI is InChI=1S/C25H24N2OS2/c1-17-9-14-22-24(18(17)2)26-25(30-22)27(16-20-7-5-4-6-8-20)23(28)15-19-10-12-21(29-3)13-11-19/h4-14H,15-16H2,1-3H3. The van der Waals surface area contributed by atoms with Crippen LogP contribution < -0.4 is 4.90 Å². The van der Waals surface area contributed by atoms with Crippen LogP contribution in [0.2, 0.25) is 0 Å². The molecule has 0 aliphatic carbocycles. The van der Waals surface area contributed by atoms with E-state index < -0.39 is 0 Å². The molecule has 0 aliphatic rings. The van der Waals surface area contributed by atoms with Crippen LogP contribution in [0, 0.1) is 13.8 Å². The fourth-order valence-corrected chi connectivity index (χ4v) is 4.82. The van der Waals surface area contributed by atoms with Crippen LogP contribution >= 0.6 is 23.1 Å². The number of hydrogen-bond acceptors (Lipinski definition) is 4. The van der Waals surface area contributed by atoms with Gasteiger partial charge in [-0.25, -0.2) is 4.98 Å². The zero-order valence-corrected chi connectivity index (χ0v) is 19.0. The third kappa shape index (κ3) is 4.42. The van der Waals surface area contributed by atoms with E-state index in [9.17, 15) is 4.79 Å². The van der Waals surface area contributed by atoms with Gasteiger partial charge in [0.05, 0.1) is 23.2 Å². The monoisotopic (exact) mass is 432 g/mol. The van der Waals surface area contributed by atoms with E-state index in [1.807, 2.05) is 35.2 Å². The second-order valence-corrected chi connectivity index (χ2v) is 9.23. The highest BCUT2D eigenvalue weighted by Crippen LogP contribution is 2.33. The predicted octanol–water partition coefficient (Wildman–Crippen LogP) is 6.41. The van der Waals surface area contributed by atoms with E-state index in [4.69, 9.17) is 4.98 Å². The summed E-state index contributed by atoms with van der Waals surface area (Å²) in [5.74, 6) is 0.0594. The van der Waals surface area contributed by atoms with Gasteiger partial charge in [-0.2, -0.15) is 0 Å². The summed E-state index contributed by atoms with van der Waals surface area (Å²) < 4.78 is 1.11. The third-order valence-corrected chi connectivity index (χ3v) is 7.09. The molecule has 0 atom stereocenters. The predicted molar refractivity (Wildman–Crippen MR) is 129 cm³/mol. The van der Waals surface area contributed by atoms with Crippen LogP contribution in [0.3, 0.4) is 0 Å². The van der Waals surface area contributed by atoms with E-state index >= 15 is 0 Å². The molecule has 3 nitrogen and oxygen atoms in total. The Labute approximate surface area is 185 Å². The van der Waals surface area contributed by atoms with Gasteiger partial charge in [0, 0.05) is 4.90 Å². The highest BCUT2D eigenvalue weighted by atomic mass is 32.2. The summed E-state index contributed by atoms with van der Waals surface area (Å²) in [5, 5.41) is 0.758. The number of benzene rings is 3. The molecule has 0 saturated heterocycles. The lowest BCUT2D eigenvalue weighted by atomic mass is 10.1. The molecule has 5 heteroatoms. The molecule has 0 radical (unpaired) electrons. The first-order valence-electron chi connectivity index (χ1n) is 9.89. The number of hydrogen-bond donors (Lipinski definition) is 0. The van der Waals surface area contributed by atoms with Gasteiger partial charge in [0.1, 0.15) is 0 Å². The van der Waals surface area contributed by atoms with Gasteiger partial charge in [-0.15, -0.1) is 11.8 Å². The quantitative estimate of drug-likeness (QED) is 0.330. The first-order chi connectivity index (χ1) is 14.5. The lowest BCUT2D eigenvalue weighted by molar-refractivity contribution is -0.118. The molecule has 0 N–H and O–H groups in total. The Kier molecular flexibility index (Phi) is 6.21. The Morgan fingerprint density at radius 2 is 1.70 bits per heavy atom. The molecular weight excluding hydrogens is 408 g/mol. The highest BCUT2D eigenvalue weighted by Gasteiger charge is 2.21. The number of thiazole rings is 1. The van der Waals surface area contributed by atoms with Crippen molar-refractivity contribution >= 4 is 44.4 Å². The minimum absolute atomic E-state index is 0.0594. The third-order valence-electron chi connectivity index (χ3n) is 5.30. The van der Waals surface area contributed by atoms with Crippen molar-refractivity contribution in [1.29, 1.82) is 0 Å². The van der Waals surface area contributed by atoms with Crippen molar-refractivity contribution in [2.75, 3.05) is 11.2 Å². The van der Waals surface area contributed by atoms with Gasteiger partial charge in [0.15, 0.2) is 5.13 Å². The zero-order valence-electron chi connectivity index (χ0n) is 17.4. The Bertz CT molecular complexity index is 1170. The van der Waals surface area contributed by atoms with Crippen LogP contribution in [0.25, 0.3) is 10.2 Å². The summed E-state index contributed by atoms with van der Waals surface area (Å²) in [6, 6.07) is 22.5. The smallest absolute Gasteiger partial charge is 0.233 e. The molecule has 0 spiro atoms. The Morgan fingerprint density at radius 1 is 0.967 bits per heavy atom. The molecule has 4 aromatic rings. The number of rotatable bonds is 6. The second-order valence-electron chi connectivity index (χ2n) is 7.34. The van der Waals surface area contributed by atoms with E-state index in [1.165, 1.54) is 16.0 Å². The number of amides is 1. The van der Waals surface area contributed by atoms with Crippen molar-refractivity contribution in [2.45, 2.75) is 31.7 Å². The number of nitrogens with zero attached hydrogens (tertiary/aromatic N) is 2. The van der Waals surface area contributed by atoms with Gasteiger partial charge in [0.2, 0.25) is 5.91 Å². The first-order valence-corrected chi connectivity index (χ1v) is 11.9. The second kappa shape index (κ2) is 9.02. The average Bonchev–Trinajstić information content (AvgIpc) is 3.20. The summed E-state index contributed by atoms with van der Waals surface area (Å²) in [6.45, 7) is 4.71. The normalized spacial score (nSPS) is 11.0. The maximum absolute atomic E-state index is 13.4. The number of fused-ring (bicyclic) bond motifs is 1. The highest BCUT2D eigenvalue weighted by molar-refractivity contribution is 7.98. The lowest BCUT2D eigenvalue weighted by Gasteiger charge is -2.20. The molecular formula is C25H24N2OS2. The minimum Gasteiger partial charge on any atom is -0.283 e. The molecule has 0 fully saturated rings. The summed E-state index contributed by atoms with van der Waals surface area (Å²) in [5.41, 5.74) is 5.49. The Hall–Kier alpha value is -2.63. The van der Waals surface area contributed by atoms with Gasteiger partial charge in [-0.05, 0) is 60.6 Å². The molecule has 4 rings (SSSR count). The van der Waals surface area contributed by atoms with Crippen molar-refractivity contribution in [1.82, 2.24) is 4.98 Å². The van der Waals surface area contributed by atoms with Crippen molar-refractivity contribution in [3.8, 4) is 0 Å². The number of aromatic nitrogens is 1. The van der Waals surface area contributed by atoms with E-state index in [-0.39, 0.29) is 5.91 Å². The van der Waals surface area contributed by atoms with E-state index in [1.54, 1.807) is 23.1 Å². The number of carbonyl (C=O) groups is 1. The first kappa shape index (κ1) is 20.6. The largest absolute Gasteiger partial charge is 0.283 e. The van der Waals surface area contributed by atoms with Crippen LogP contribution in [0.4, 0.5) is 5.13 Å². The molecule has 1 heterocycles. The van der Waals surface area contributed by atoms with Crippen LogP contribution in [-0.4, -0.2) is 17.1 Å². The van der Waals surface area contributed by atoms with Crippen molar-refractivity contribution < 1.29 is 4.79 Å². The lowest BCUT2D eigenvalue weighted by Crippen LogP contribution is -2.31. The molecule has 30 heavy (non-hydrogen) atoms. The number of anilines is 1. The molecule has 0 aliphatic heterocycles. The van der Waals surface area contributed by atoms with E-state index in [2.05, 4.69) is 56.5 Å². The van der Waals surface area contributed by atoms with Crippen molar-refractivity contribution in [3.63, 3.8) is 0 Å². The van der Waals surface area contributed by atoms with E-state index in [0.29, 0.717) is 13.0 Å². The maximum atomic E-state index is 13.4. The molecule has 3 aromatic carbocycles. The summed E-state index contributed by atoms with van der Waals surface area (Å²) in [4.78, 5) is 21.3. The van der Waals surface area contributed by atoms with Crippen LogP contribution in [0.5, 0.6) is 0 Å². The summed E-state index contributed by atoms with van der Waals surface area (Å²) >= 11 is 3.29. The molecule has 1 amide bonds. The minimum atomic E-state index is 0.0594. The van der Waals surface area contributed by atoms with Gasteiger partial charge in [-0.3, -0.25) is 9.69 Å². The van der Waals surface area contributed by atoms with Crippen molar-refractivity contribution in [2.24, 2.45) is 0 Å². The fraction of sp³-hybridized carbons (Fsp3) is 0.200. The Balaban J connectivity index is 1.68. The zero-order chi connectivity index (χ0) is 21.1. The average molecular weight is 433 g/mol. The van der Waals surface area contributed by atoms with E-state index in [0.717, 1.165) is 26.5 Å². The molecule has 0 bridgehead atoms. The molecule has 0 saturated carbocycles. The molecule has 1 aromatic heterocycles. The van der Waals surface area contributed by atoms with Gasteiger partial charge in [-0.1, -0.05) is 59.9 Å². The van der Waals surface area contributed by atoms with Crippen molar-refractivity contribution in [3.05, 3.63) is 89.0 Å². The molecule has 0 unspecified atom stereocenters. The maximum Gasteiger partial charge on any atom is 0.233 e. The summed E-state index contributed by atoms with van der Waals surface area (Å²) in [7, 11) is 0. The number of thioether (sulfide) groups is 1. The van der Waals surface area contributed by atoms with Crippen LogP contribution in [0.1, 0.15) is 22.3 Å². The van der Waals surface area contributed by atoms with Gasteiger partial charge in [0.25, 0.3) is 0 Å². The van der Waals surface area contributed by atoms with Gasteiger partial charge < -0.3 is 0 Å². The summed E-state index contributed by atoms with van der Waals surface area (Å²) in [6.07, 6.45) is 2.41. The molecule has 152 valence electrons. The topological polar surface area (TPSA) is 33.2 Å². The fourth-order valence-electron chi connectivity index (χ4n) is 3.37. The SMILES string of the molecule is CSc1ccc(CC(=O)N(Cc2ccccc2)c2nc3c(C)c(C)ccc3s2)cc1.